The molecule has 4 rings (SSSR count). The maximum absolute atomic E-state index is 13.6. The van der Waals surface area contributed by atoms with Crippen molar-refractivity contribution in [2.45, 2.75) is 62.7 Å². The highest BCUT2D eigenvalue weighted by Gasteiger charge is 2.31. The Bertz CT molecular complexity index is 1550. The van der Waals surface area contributed by atoms with Crippen LogP contribution in [0.25, 0.3) is 10.9 Å². The molecule has 0 saturated carbocycles. The Morgan fingerprint density at radius 1 is 1.00 bits per heavy atom. The number of carbonyl (C=O) groups is 5. The van der Waals surface area contributed by atoms with Gasteiger partial charge >= 0.3 is 5.97 Å². The fourth-order valence-corrected chi connectivity index (χ4v) is 5.33. The average Bonchev–Trinajstić information content (AvgIpc) is 3.84. The van der Waals surface area contributed by atoms with Crippen LogP contribution in [0.4, 0.5) is 0 Å². The van der Waals surface area contributed by atoms with E-state index in [1.54, 1.807) is 12.4 Å². The zero-order chi connectivity index (χ0) is 33.8. The van der Waals surface area contributed by atoms with Gasteiger partial charge in [-0.1, -0.05) is 18.2 Å². The van der Waals surface area contributed by atoms with Gasteiger partial charge in [-0.25, -0.2) is 9.78 Å². The summed E-state index contributed by atoms with van der Waals surface area (Å²) in [4.78, 5) is 74.5. The predicted molar refractivity (Wildman–Crippen MR) is 171 cm³/mol. The number of benzene rings is 1. The predicted octanol–water partition coefficient (Wildman–Crippen LogP) is -1.65. The number of nitrogens with zero attached hydrogens (tertiary/aromatic N) is 1. The summed E-state index contributed by atoms with van der Waals surface area (Å²) in [6, 6.07) is 3.30. The van der Waals surface area contributed by atoms with Crippen LogP contribution in [-0.4, -0.2) is 99.4 Å². The van der Waals surface area contributed by atoms with Crippen molar-refractivity contribution in [2.75, 3.05) is 19.6 Å². The van der Waals surface area contributed by atoms with E-state index in [2.05, 4.69) is 46.9 Å². The number of guanidine groups is 1. The molecular weight excluding hydrogens is 610 g/mol. The molecule has 12 N–H and O–H groups in total. The lowest BCUT2D eigenvalue weighted by Gasteiger charge is -2.24. The van der Waals surface area contributed by atoms with Gasteiger partial charge in [-0.3, -0.25) is 24.6 Å². The number of carbonyl (C=O) groups excluding carboxylic acids is 4. The number of para-hydroxylation sites is 1. The molecule has 0 radical (unpaired) electrons. The molecule has 3 aromatic rings. The van der Waals surface area contributed by atoms with E-state index in [0.29, 0.717) is 30.6 Å². The van der Waals surface area contributed by atoms with Crippen LogP contribution < -0.4 is 37.6 Å². The van der Waals surface area contributed by atoms with E-state index in [1.165, 1.54) is 6.33 Å². The fourth-order valence-electron chi connectivity index (χ4n) is 5.33. The molecule has 1 saturated heterocycles. The summed E-state index contributed by atoms with van der Waals surface area (Å²) in [7, 11) is 0. The van der Waals surface area contributed by atoms with Gasteiger partial charge in [0, 0.05) is 42.7 Å². The quantitative estimate of drug-likeness (QED) is 0.0449. The molecule has 17 heteroatoms. The van der Waals surface area contributed by atoms with Crippen molar-refractivity contribution < 1.29 is 29.1 Å². The number of H-pyrrole nitrogens is 2. The van der Waals surface area contributed by atoms with Gasteiger partial charge in [-0.15, -0.1) is 0 Å². The summed E-state index contributed by atoms with van der Waals surface area (Å²) < 4.78 is 0. The zero-order valence-electron chi connectivity index (χ0n) is 25.7. The van der Waals surface area contributed by atoms with Gasteiger partial charge in [0.25, 0.3) is 0 Å². The van der Waals surface area contributed by atoms with Crippen LogP contribution in [0.5, 0.6) is 0 Å². The number of aliphatic carboxylic acids is 1. The van der Waals surface area contributed by atoms with Crippen LogP contribution >= 0.6 is 0 Å². The SMILES string of the molecule is N=C(N)NCCC[C@H](NC(=O)CNC(=O)[C@@H]1CCCN1)C(=O)N[C@@H](Cc1c[nH]cn1)C(=O)N[C@@H](Cc1c[nH]c2ccccc12)C(=O)O. The van der Waals surface area contributed by atoms with Gasteiger partial charge < -0.3 is 52.7 Å². The molecule has 4 atom stereocenters. The Balaban J connectivity index is 1.45. The summed E-state index contributed by atoms with van der Waals surface area (Å²) in [5.41, 5.74) is 7.29. The second-order valence-electron chi connectivity index (χ2n) is 11.3. The molecule has 17 nitrogen and oxygen atoms in total. The average molecular weight is 652 g/mol. The van der Waals surface area contributed by atoms with E-state index < -0.39 is 41.8 Å². The van der Waals surface area contributed by atoms with Crippen molar-refractivity contribution >= 4 is 46.5 Å². The highest BCUT2D eigenvalue weighted by Crippen LogP contribution is 2.19. The Morgan fingerprint density at radius 3 is 2.47 bits per heavy atom. The summed E-state index contributed by atoms with van der Waals surface area (Å²) >= 11 is 0. The van der Waals surface area contributed by atoms with Crippen LogP contribution in [0.1, 0.15) is 36.9 Å². The van der Waals surface area contributed by atoms with Crippen molar-refractivity contribution in [1.29, 1.82) is 5.41 Å². The molecule has 1 aromatic carbocycles. The first-order valence-corrected chi connectivity index (χ1v) is 15.3. The van der Waals surface area contributed by atoms with Crippen LogP contribution in [0.2, 0.25) is 0 Å². The largest absolute Gasteiger partial charge is 0.480 e. The van der Waals surface area contributed by atoms with Gasteiger partial charge in [0.1, 0.15) is 18.1 Å². The van der Waals surface area contributed by atoms with Crippen molar-refractivity contribution in [2.24, 2.45) is 5.73 Å². The molecule has 1 fully saturated rings. The Kier molecular flexibility index (Phi) is 12.3. The summed E-state index contributed by atoms with van der Waals surface area (Å²) in [5.74, 6) is -3.91. The number of nitrogens with one attached hydrogen (secondary N) is 9. The number of fused-ring (bicyclic) bond motifs is 1. The normalized spacial score (nSPS) is 16.0. The Labute approximate surface area is 270 Å². The fraction of sp³-hybridized carbons (Fsp3) is 0.433. The van der Waals surface area contributed by atoms with Crippen molar-refractivity contribution in [3.05, 3.63) is 54.2 Å². The number of hydrogen-bond donors (Lipinski definition) is 11. The van der Waals surface area contributed by atoms with Gasteiger partial charge in [0.2, 0.25) is 23.6 Å². The number of hydrogen-bond acceptors (Lipinski definition) is 8. The number of amides is 4. The highest BCUT2D eigenvalue weighted by molar-refractivity contribution is 5.95. The second kappa shape index (κ2) is 16.7. The summed E-state index contributed by atoms with van der Waals surface area (Å²) in [6.07, 6.45) is 6.48. The number of carboxylic acid groups (broad SMARTS) is 1. The second-order valence-corrected chi connectivity index (χ2v) is 11.3. The first kappa shape index (κ1) is 34.4. The van der Waals surface area contributed by atoms with Gasteiger partial charge in [-0.05, 0) is 43.9 Å². The summed E-state index contributed by atoms with van der Waals surface area (Å²) in [6.45, 7) is 0.590. The van der Waals surface area contributed by atoms with E-state index in [-0.39, 0.29) is 50.3 Å². The number of nitrogens with two attached hydrogens (primary N) is 1. The van der Waals surface area contributed by atoms with E-state index in [0.717, 1.165) is 17.3 Å². The van der Waals surface area contributed by atoms with Gasteiger partial charge in [0.05, 0.1) is 24.6 Å². The van der Waals surface area contributed by atoms with Crippen LogP contribution in [0.15, 0.2) is 43.0 Å². The molecule has 1 aliphatic rings. The lowest BCUT2D eigenvalue weighted by atomic mass is 10.0. The lowest BCUT2D eigenvalue weighted by Crippen LogP contribution is -2.57. The number of imidazole rings is 1. The minimum Gasteiger partial charge on any atom is -0.480 e. The minimum atomic E-state index is -1.31. The third-order valence-electron chi connectivity index (χ3n) is 7.75. The first-order chi connectivity index (χ1) is 22.6. The zero-order valence-corrected chi connectivity index (χ0v) is 25.7. The molecule has 3 heterocycles. The molecule has 0 aliphatic carbocycles. The third-order valence-corrected chi connectivity index (χ3v) is 7.75. The highest BCUT2D eigenvalue weighted by atomic mass is 16.4. The molecule has 47 heavy (non-hydrogen) atoms. The first-order valence-electron chi connectivity index (χ1n) is 15.3. The monoisotopic (exact) mass is 651 g/mol. The Hall–Kier alpha value is -5.45. The topological polar surface area (TPSA) is 272 Å². The maximum atomic E-state index is 13.6. The Morgan fingerprint density at radius 2 is 1.77 bits per heavy atom. The van der Waals surface area contributed by atoms with Crippen LogP contribution in [0.3, 0.4) is 0 Å². The molecule has 1 aliphatic heterocycles. The number of carboxylic acids is 1. The number of aromatic amines is 2. The van der Waals surface area contributed by atoms with Crippen LogP contribution in [0, 0.1) is 5.41 Å². The minimum absolute atomic E-state index is 0.0158. The van der Waals surface area contributed by atoms with E-state index >= 15 is 0 Å². The van der Waals surface area contributed by atoms with E-state index in [1.807, 2.05) is 24.3 Å². The van der Waals surface area contributed by atoms with Crippen LogP contribution in [-0.2, 0) is 36.8 Å². The smallest absolute Gasteiger partial charge is 0.326 e. The van der Waals surface area contributed by atoms with Crippen molar-refractivity contribution in [1.82, 2.24) is 46.9 Å². The molecule has 0 unspecified atom stereocenters. The molecule has 2 aromatic heterocycles. The maximum Gasteiger partial charge on any atom is 0.326 e. The molecule has 252 valence electrons. The van der Waals surface area contributed by atoms with Crippen molar-refractivity contribution in [3.8, 4) is 0 Å². The third kappa shape index (κ3) is 10.3. The van der Waals surface area contributed by atoms with Gasteiger partial charge in [-0.2, -0.15) is 0 Å². The van der Waals surface area contributed by atoms with Crippen molar-refractivity contribution in [3.63, 3.8) is 0 Å². The standard InChI is InChI=1S/C30H41N11O6/c31-30(32)35-10-4-8-22(39-25(42)15-37-26(43)21-7-3-9-34-21)27(44)40-23(12-18-14-33-16-38-18)28(45)41-24(29(46)47)11-17-13-36-20-6-2-1-5-19(17)20/h1-2,5-6,13-14,16,21-24,34,36H,3-4,7-12,15H2,(H,33,38)(H,37,43)(H,39,42)(H,40,44)(H,41,45)(H,46,47)(H4,31,32,35)/t21-,22-,23-,24-/m0/s1. The molecule has 0 spiro atoms. The lowest BCUT2D eigenvalue weighted by molar-refractivity contribution is -0.142. The number of rotatable bonds is 17. The van der Waals surface area contributed by atoms with E-state index in [4.69, 9.17) is 11.1 Å². The molecule has 0 bridgehead atoms. The van der Waals surface area contributed by atoms with Gasteiger partial charge in [0.15, 0.2) is 5.96 Å². The number of aromatic nitrogens is 3. The van der Waals surface area contributed by atoms with E-state index in [9.17, 15) is 29.1 Å². The molecular formula is C30H41N11O6. The molecule has 4 amide bonds. The summed E-state index contributed by atoms with van der Waals surface area (Å²) in [5, 5.41) is 34.2.